The van der Waals surface area contributed by atoms with Crippen molar-refractivity contribution < 1.29 is 22.7 Å². The standard InChI is InChI=1S/C27H33N3O5S2/c1-18-8-9-19(2)25-24(18)28-27(36-25)30(17-22-7-5-15-35-22)26(31)20-10-12-23(13-11-20)37(32,33)29(3)16-21-6-4-14-34-21/h8-13,21-22H,4-7,14-17H2,1-3H3. The molecule has 2 unspecified atom stereocenters. The van der Waals surface area contributed by atoms with Gasteiger partial charge in [0.25, 0.3) is 5.91 Å². The fourth-order valence-corrected chi connectivity index (χ4v) is 7.20. The number of benzene rings is 2. The summed E-state index contributed by atoms with van der Waals surface area (Å²) in [5, 5.41) is 0.626. The number of sulfonamides is 1. The zero-order valence-corrected chi connectivity index (χ0v) is 23.1. The predicted octanol–water partition coefficient (Wildman–Crippen LogP) is 4.54. The Kier molecular flexibility index (Phi) is 7.65. The zero-order valence-electron chi connectivity index (χ0n) is 21.5. The number of carbonyl (C=O) groups is 1. The molecule has 0 spiro atoms. The number of carbonyl (C=O) groups excluding carboxylic acids is 1. The largest absolute Gasteiger partial charge is 0.377 e. The molecular formula is C27H33N3O5S2. The number of nitrogens with zero attached hydrogens (tertiary/aromatic N) is 3. The van der Waals surface area contributed by atoms with Crippen LogP contribution in [-0.4, -0.2) is 69.2 Å². The van der Waals surface area contributed by atoms with E-state index in [9.17, 15) is 13.2 Å². The molecule has 3 aromatic rings. The highest BCUT2D eigenvalue weighted by Crippen LogP contribution is 2.34. The summed E-state index contributed by atoms with van der Waals surface area (Å²) >= 11 is 1.50. The Balaban J connectivity index is 1.41. The molecule has 0 bridgehead atoms. The molecule has 8 nitrogen and oxygen atoms in total. The third kappa shape index (κ3) is 5.44. The van der Waals surface area contributed by atoms with Crippen molar-refractivity contribution >= 4 is 42.6 Å². The van der Waals surface area contributed by atoms with Gasteiger partial charge in [-0.25, -0.2) is 13.4 Å². The van der Waals surface area contributed by atoms with E-state index in [-0.39, 0.29) is 23.0 Å². The van der Waals surface area contributed by atoms with E-state index in [0.717, 1.165) is 47.0 Å². The summed E-state index contributed by atoms with van der Waals surface area (Å²) < 4.78 is 40.0. The van der Waals surface area contributed by atoms with E-state index in [1.165, 1.54) is 27.8 Å². The number of rotatable bonds is 8. The van der Waals surface area contributed by atoms with Gasteiger partial charge in [-0.1, -0.05) is 23.5 Å². The van der Waals surface area contributed by atoms with Crippen molar-refractivity contribution in [2.75, 3.05) is 38.3 Å². The van der Waals surface area contributed by atoms with Crippen LogP contribution in [0, 0.1) is 13.8 Å². The lowest BCUT2D eigenvalue weighted by Crippen LogP contribution is -2.37. The molecule has 10 heteroatoms. The number of amides is 1. The molecular weight excluding hydrogens is 510 g/mol. The van der Waals surface area contributed by atoms with Crippen LogP contribution >= 0.6 is 11.3 Å². The van der Waals surface area contributed by atoms with E-state index < -0.39 is 10.0 Å². The van der Waals surface area contributed by atoms with Crippen molar-refractivity contribution in [3.05, 3.63) is 53.1 Å². The summed E-state index contributed by atoms with van der Waals surface area (Å²) in [6.07, 6.45) is 3.54. The van der Waals surface area contributed by atoms with Crippen molar-refractivity contribution in [1.82, 2.24) is 9.29 Å². The van der Waals surface area contributed by atoms with Gasteiger partial charge in [0, 0.05) is 32.4 Å². The SMILES string of the molecule is Cc1ccc(C)c2sc(N(CC3CCCO3)C(=O)c3ccc(S(=O)(=O)N(C)CC4CCCO4)cc3)nc12. The zero-order chi connectivity index (χ0) is 26.2. The van der Waals surface area contributed by atoms with E-state index in [1.807, 2.05) is 19.9 Å². The van der Waals surface area contributed by atoms with E-state index in [1.54, 1.807) is 24.1 Å². The second kappa shape index (κ2) is 10.8. The van der Waals surface area contributed by atoms with Crippen molar-refractivity contribution in [3.8, 4) is 0 Å². The lowest BCUT2D eigenvalue weighted by atomic mass is 10.1. The molecule has 0 saturated carbocycles. The average Bonchev–Trinajstić information content (AvgIpc) is 3.67. The molecule has 0 radical (unpaired) electrons. The number of aromatic nitrogens is 1. The van der Waals surface area contributed by atoms with E-state index >= 15 is 0 Å². The van der Waals surface area contributed by atoms with E-state index in [2.05, 4.69) is 6.07 Å². The Labute approximate surface area is 222 Å². The topological polar surface area (TPSA) is 89.0 Å². The third-order valence-corrected chi connectivity index (χ3v) is 10.2. The summed E-state index contributed by atoms with van der Waals surface area (Å²) in [7, 11) is -2.12. The average molecular weight is 544 g/mol. The maximum absolute atomic E-state index is 13.8. The first-order valence-electron chi connectivity index (χ1n) is 12.7. The number of fused-ring (bicyclic) bond motifs is 1. The number of aryl methyl sites for hydroxylation is 2. The van der Waals surface area contributed by atoms with Gasteiger partial charge in [0.2, 0.25) is 10.0 Å². The summed E-state index contributed by atoms with van der Waals surface area (Å²) in [6.45, 7) is 6.15. The molecule has 198 valence electrons. The van der Waals surface area contributed by atoms with Gasteiger partial charge in [-0.05, 0) is 74.9 Å². The minimum Gasteiger partial charge on any atom is -0.377 e. The molecule has 1 amide bonds. The number of hydrogen-bond acceptors (Lipinski definition) is 7. The lowest BCUT2D eigenvalue weighted by molar-refractivity contribution is 0.0917. The van der Waals surface area contributed by atoms with Gasteiger partial charge in [-0.2, -0.15) is 4.31 Å². The molecule has 2 aliphatic heterocycles. The highest BCUT2D eigenvalue weighted by atomic mass is 32.2. The van der Waals surface area contributed by atoms with Gasteiger partial charge in [-0.15, -0.1) is 0 Å². The molecule has 5 rings (SSSR count). The molecule has 2 atom stereocenters. The Morgan fingerprint density at radius 3 is 2.19 bits per heavy atom. The molecule has 37 heavy (non-hydrogen) atoms. The second-order valence-corrected chi connectivity index (χ2v) is 12.9. The van der Waals surface area contributed by atoms with Crippen LogP contribution in [-0.2, 0) is 19.5 Å². The molecule has 2 saturated heterocycles. The Morgan fingerprint density at radius 1 is 0.973 bits per heavy atom. The van der Waals surface area contributed by atoms with Crippen LogP contribution < -0.4 is 4.90 Å². The molecule has 0 N–H and O–H groups in total. The van der Waals surface area contributed by atoms with Gasteiger partial charge in [0.1, 0.15) is 0 Å². The van der Waals surface area contributed by atoms with Crippen LogP contribution in [0.5, 0.6) is 0 Å². The molecule has 0 aliphatic carbocycles. The third-order valence-electron chi connectivity index (χ3n) is 7.11. The second-order valence-electron chi connectivity index (χ2n) is 9.87. The van der Waals surface area contributed by atoms with Crippen LogP contribution in [0.1, 0.15) is 47.2 Å². The van der Waals surface area contributed by atoms with Gasteiger partial charge < -0.3 is 9.47 Å². The highest BCUT2D eigenvalue weighted by Gasteiger charge is 2.29. The normalized spacial score (nSPS) is 20.2. The minimum absolute atomic E-state index is 0.0516. The van der Waals surface area contributed by atoms with Crippen LogP contribution in [0.3, 0.4) is 0 Å². The lowest BCUT2D eigenvalue weighted by Gasteiger charge is -2.23. The van der Waals surface area contributed by atoms with Crippen molar-refractivity contribution in [2.24, 2.45) is 0 Å². The fraction of sp³-hybridized carbons (Fsp3) is 0.481. The summed E-state index contributed by atoms with van der Waals surface area (Å²) in [6, 6.07) is 10.3. The van der Waals surface area contributed by atoms with Gasteiger partial charge in [-0.3, -0.25) is 9.69 Å². The first kappa shape index (κ1) is 26.2. The van der Waals surface area contributed by atoms with Crippen molar-refractivity contribution in [2.45, 2.75) is 56.6 Å². The van der Waals surface area contributed by atoms with Gasteiger partial charge >= 0.3 is 0 Å². The van der Waals surface area contributed by atoms with Crippen molar-refractivity contribution in [3.63, 3.8) is 0 Å². The quantitative estimate of drug-likeness (QED) is 0.415. The highest BCUT2D eigenvalue weighted by molar-refractivity contribution is 7.89. The summed E-state index contributed by atoms with van der Waals surface area (Å²) in [4.78, 5) is 20.5. The van der Waals surface area contributed by atoms with E-state index in [4.69, 9.17) is 14.5 Å². The molecule has 3 heterocycles. The Bertz CT molecular complexity index is 1340. The van der Waals surface area contributed by atoms with Gasteiger partial charge in [0.05, 0.1) is 33.9 Å². The Morgan fingerprint density at radius 2 is 1.59 bits per heavy atom. The first-order chi connectivity index (χ1) is 17.7. The number of ether oxygens (including phenoxy) is 2. The number of hydrogen-bond donors (Lipinski definition) is 0. The molecule has 2 aromatic carbocycles. The predicted molar refractivity (Wildman–Crippen MR) is 145 cm³/mol. The number of anilines is 1. The number of likely N-dealkylation sites (N-methyl/N-ethyl adjacent to an activating group) is 1. The monoisotopic (exact) mass is 543 g/mol. The van der Waals surface area contributed by atoms with Gasteiger partial charge in [0.15, 0.2) is 5.13 Å². The first-order valence-corrected chi connectivity index (χ1v) is 15.0. The molecule has 2 fully saturated rings. The minimum atomic E-state index is -3.69. The maximum atomic E-state index is 13.8. The van der Waals surface area contributed by atoms with Crippen molar-refractivity contribution in [1.29, 1.82) is 0 Å². The fourth-order valence-electron chi connectivity index (χ4n) is 4.88. The number of thiazole rings is 1. The molecule has 1 aromatic heterocycles. The van der Waals surface area contributed by atoms with Crippen LogP contribution in [0.2, 0.25) is 0 Å². The van der Waals surface area contributed by atoms with Crippen LogP contribution in [0.4, 0.5) is 5.13 Å². The summed E-state index contributed by atoms with van der Waals surface area (Å²) in [5.41, 5.74) is 3.50. The molecule has 2 aliphatic rings. The summed E-state index contributed by atoms with van der Waals surface area (Å²) in [5.74, 6) is -0.221. The van der Waals surface area contributed by atoms with E-state index in [0.29, 0.717) is 37.0 Å². The smallest absolute Gasteiger partial charge is 0.260 e. The Hall–Kier alpha value is -2.37. The van der Waals surface area contributed by atoms with Crippen LogP contribution in [0.25, 0.3) is 10.2 Å². The maximum Gasteiger partial charge on any atom is 0.260 e. The van der Waals surface area contributed by atoms with Crippen LogP contribution in [0.15, 0.2) is 41.3 Å².